The first-order valence-corrected chi connectivity index (χ1v) is 13.5. The molecule has 0 aliphatic heterocycles. The van der Waals surface area contributed by atoms with Gasteiger partial charge in [0.2, 0.25) is 5.91 Å². The molecular formula is C32H42N2O5. The third-order valence-electron chi connectivity index (χ3n) is 7.09. The summed E-state index contributed by atoms with van der Waals surface area (Å²) in [7, 11) is 3.20. The van der Waals surface area contributed by atoms with Crippen LogP contribution in [0.1, 0.15) is 68.3 Å². The summed E-state index contributed by atoms with van der Waals surface area (Å²) in [6.45, 7) is 11.2. The molecule has 0 fully saturated rings. The second-order valence-corrected chi connectivity index (χ2v) is 10.9. The van der Waals surface area contributed by atoms with Crippen molar-refractivity contribution in [2.24, 2.45) is 0 Å². The summed E-state index contributed by atoms with van der Waals surface area (Å²) in [4.78, 5) is 30.7. The third kappa shape index (κ3) is 7.88. The number of ether oxygens (including phenoxy) is 2. The van der Waals surface area contributed by atoms with Crippen molar-refractivity contribution < 1.29 is 23.5 Å². The first-order valence-electron chi connectivity index (χ1n) is 13.5. The van der Waals surface area contributed by atoms with Crippen molar-refractivity contribution >= 4 is 11.8 Å². The fourth-order valence-electron chi connectivity index (χ4n) is 4.36. The van der Waals surface area contributed by atoms with Gasteiger partial charge in [-0.1, -0.05) is 45.9 Å². The van der Waals surface area contributed by atoms with E-state index in [9.17, 15) is 9.59 Å². The molecule has 0 radical (unpaired) electrons. The maximum atomic E-state index is 13.7. The molecule has 2 aromatic carbocycles. The van der Waals surface area contributed by atoms with E-state index >= 15 is 0 Å². The number of hydrogen-bond donors (Lipinski definition) is 0. The van der Waals surface area contributed by atoms with E-state index in [1.54, 1.807) is 30.3 Å². The molecule has 1 atom stereocenters. The predicted molar refractivity (Wildman–Crippen MR) is 153 cm³/mol. The summed E-state index contributed by atoms with van der Waals surface area (Å²) in [5, 5.41) is 0. The SMILES string of the molecule is CCC(C)N(CC(=O)N(CCc1ccc(OC)c(OC)c1)Cc1ccco1)C(=O)c1ccc(C(C)(C)C)cc1. The van der Waals surface area contributed by atoms with E-state index in [1.807, 2.05) is 68.4 Å². The normalized spacial score (nSPS) is 12.1. The topological polar surface area (TPSA) is 72.2 Å². The van der Waals surface area contributed by atoms with Gasteiger partial charge in [-0.2, -0.15) is 0 Å². The summed E-state index contributed by atoms with van der Waals surface area (Å²) >= 11 is 0. The highest BCUT2D eigenvalue weighted by Gasteiger charge is 2.26. The molecule has 3 rings (SSSR count). The minimum atomic E-state index is -0.143. The Balaban J connectivity index is 1.80. The van der Waals surface area contributed by atoms with Crippen LogP contribution in [0.3, 0.4) is 0 Å². The van der Waals surface area contributed by atoms with Crippen molar-refractivity contribution in [3.63, 3.8) is 0 Å². The maximum absolute atomic E-state index is 13.7. The molecule has 1 aromatic heterocycles. The predicted octanol–water partition coefficient (Wildman–Crippen LogP) is 6.11. The monoisotopic (exact) mass is 534 g/mol. The molecule has 0 saturated heterocycles. The van der Waals surface area contributed by atoms with Crippen LogP contribution in [-0.2, 0) is 23.2 Å². The van der Waals surface area contributed by atoms with Gasteiger partial charge in [-0.3, -0.25) is 9.59 Å². The minimum Gasteiger partial charge on any atom is -0.493 e. The number of benzene rings is 2. The lowest BCUT2D eigenvalue weighted by Gasteiger charge is -2.31. The Morgan fingerprint density at radius 2 is 1.67 bits per heavy atom. The van der Waals surface area contributed by atoms with Gasteiger partial charge in [0.05, 0.1) is 27.0 Å². The highest BCUT2D eigenvalue weighted by molar-refractivity contribution is 5.96. The average molecular weight is 535 g/mol. The Hall–Kier alpha value is -3.74. The van der Waals surface area contributed by atoms with E-state index in [0.717, 1.165) is 17.5 Å². The fraction of sp³-hybridized carbons (Fsp3) is 0.438. The van der Waals surface area contributed by atoms with Gasteiger partial charge in [0.1, 0.15) is 12.3 Å². The van der Waals surface area contributed by atoms with Crippen molar-refractivity contribution in [1.82, 2.24) is 9.80 Å². The van der Waals surface area contributed by atoms with Crippen LogP contribution in [-0.4, -0.2) is 55.0 Å². The van der Waals surface area contributed by atoms with E-state index in [-0.39, 0.29) is 29.8 Å². The molecule has 3 aromatic rings. The smallest absolute Gasteiger partial charge is 0.254 e. The average Bonchev–Trinajstić information content (AvgIpc) is 3.45. The van der Waals surface area contributed by atoms with E-state index in [0.29, 0.717) is 42.3 Å². The largest absolute Gasteiger partial charge is 0.493 e. The van der Waals surface area contributed by atoms with Crippen LogP contribution in [0.25, 0.3) is 0 Å². The molecule has 210 valence electrons. The Morgan fingerprint density at radius 1 is 0.974 bits per heavy atom. The Kier molecular flexibility index (Phi) is 10.2. The number of furan rings is 1. The first kappa shape index (κ1) is 29.8. The summed E-state index contributed by atoms with van der Waals surface area (Å²) < 4.78 is 16.3. The molecule has 2 amide bonds. The van der Waals surface area contributed by atoms with Crippen molar-refractivity contribution in [3.05, 3.63) is 83.3 Å². The Morgan fingerprint density at radius 3 is 2.23 bits per heavy atom. The molecule has 0 aliphatic rings. The Bertz CT molecular complexity index is 1210. The van der Waals surface area contributed by atoms with Crippen LogP contribution >= 0.6 is 0 Å². The molecule has 0 N–H and O–H groups in total. The number of amides is 2. The molecule has 39 heavy (non-hydrogen) atoms. The summed E-state index contributed by atoms with van der Waals surface area (Å²) in [6.07, 6.45) is 2.95. The molecular weight excluding hydrogens is 492 g/mol. The van der Waals surface area contributed by atoms with Crippen LogP contribution < -0.4 is 9.47 Å². The maximum Gasteiger partial charge on any atom is 0.254 e. The number of hydrogen-bond acceptors (Lipinski definition) is 5. The first-order chi connectivity index (χ1) is 18.6. The molecule has 0 spiro atoms. The summed E-state index contributed by atoms with van der Waals surface area (Å²) in [5.41, 5.74) is 2.75. The highest BCUT2D eigenvalue weighted by atomic mass is 16.5. The zero-order valence-electron chi connectivity index (χ0n) is 24.3. The van der Waals surface area contributed by atoms with Crippen LogP contribution in [0.4, 0.5) is 0 Å². The van der Waals surface area contributed by atoms with Gasteiger partial charge >= 0.3 is 0 Å². The van der Waals surface area contributed by atoms with Crippen LogP contribution in [0.15, 0.2) is 65.3 Å². The van der Waals surface area contributed by atoms with E-state index in [2.05, 4.69) is 20.8 Å². The lowest BCUT2D eigenvalue weighted by atomic mass is 9.86. The van der Waals surface area contributed by atoms with E-state index < -0.39 is 0 Å². The molecule has 0 saturated carbocycles. The lowest BCUT2D eigenvalue weighted by Crippen LogP contribution is -2.46. The van der Waals surface area contributed by atoms with Crippen LogP contribution in [0.5, 0.6) is 11.5 Å². The van der Waals surface area contributed by atoms with Crippen molar-refractivity contribution in [2.75, 3.05) is 27.3 Å². The molecule has 0 bridgehead atoms. The quantitative estimate of drug-likeness (QED) is 0.281. The van der Waals surface area contributed by atoms with Crippen LogP contribution in [0, 0.1) is 0 Å². The zero-order valence-corrected chi connectivity index (χ0v) is 24.3. The molecule has 0 aliphatic carbocycles. The Labute approximate surface area is 232 Å². The lowest BCUT2D eigenvalue weighted by molar-refractivity contribution is -0.133. The minimum absolute atomic E-state index is 0.00576. The highest BCUT2D eigenvalue weighted by Crippen LogP contribution is 2.28. The number of carbonyl (C=O) groups is 2. The molecule has 1 unspecified atom stereocenters. The third-order valence-corrected chi connectivity index (χ3v) is 7.09. The van der Waals surface area contributed by atoms with Gasteiger partial charge in [-0.25, -0.2) is 0 Å². The molecule has 1 heterocycles. The van der Waals surface area contributed by atoms with Crippen molar-refractivity contribution in [2.45, 2.75) is 65.5 Å². The second kappa shape index (κ2) is 13.4. The molecule has 7 heteroatoms. The van der Waals surface area contributed by atoms with Gasteiger partial charge in [0.25, 0.3) is 5.91 Å². The number of carbonyl (C=O) groups excluding carboxylic acids is 2. The van der Waals surface area contributed by atoms with Gasteiger partial charge < -0.3 is 23.7 Å². The second-order valence-electron chi connectivity index (χ2n) is 10.9. The summed E-state index contributed by atoms with van der Waals surface area (Å²) in [6, 6.07) is 17.0. The fourth-order valence-corrected chi connectivity index (χ4v) is 4.36. The van der Waals surface area contributed by atoms with Gasteiger partial charge in [-0.05, 0) is 72.7 Å². The number of methoxy groups -OCH3 is 2. The van der Waals surface area contributed by atoms with Crippen molar-refractivity contribution in [3.8, 4) is 11.5 Å². The van der Waals surface area contributed by atoms with Gasteiger partial charge in [0.15, 0.2) is 11.5 Å². The standard InChI is InChI=1S/C32H42N2O5/c1-8-23(2)34(31(36)25-12-14-26(15-13-25)32(3,4)5)22-30(35)33(21-27-10-9-19-39-27)18-17-24-11-16-28(37-6)29(20-24)38-7/h9-16,19-20,23H,8,17-18,21-22H2,1-7H3. The van der Waals surface area contributed by atoms with Crippen LogP contribution in [0.2, 0.25) is 0 Å². The van der Waals surface area contributed by atoms with Gasteiger partial charge in [-0.15, -0.1) is 0 Å². The molecule has 7 nitrogen and oxygen atoms in total. The number of rotatable bonds is 12. The number of nitrogens with zero attached hydrogens (tertiary/aromatic N) is 2. The summed E-state index contributed by atoms with van der Waals surface area (Å²) in [5.74, 6) is 1.71. The zero-order chi connectivity index (χ0) is 28.6. The van der Waals surface area contributed by atoms with Crippen molar-refractivity contribution in [1.29, 1.82) is 0 Å². The van der Waals surface area contributed by atoms with E-state index in [1.165, 1.54) is 0 Å². The van der Waals surface area contributed by atoms with Gasteiger partial charge in [0, 0.05) is 18.2 Å². The van der Waals surface area contributed by atoms with E-state index in [4.69, 9.17) is 13.9 Å².